The summed E-state index contributed by atoms with van der Waals surface area (Å²) in [6, 6.07) is 5.35. The second-order valence-electron chi connectivity index (χ2n) is 6.83. The Hall–Kier alpha value is -1.71. The highest BCUT2D eigenvalue weighted by atomic mass is 16.2. The van der Waals surface area contributed by atoms with Crippen LogP contribution >= 0.6 is 0 Å². The lowest BCUT2D eigenvalue weighted by molar-refractivity contribution is -0.130. The van der Waals surface area contributed by atoms with E-state index < -0.39 is 6.04 Å². The van der Waals surface area contributed by atoms with E-state index in [1.54, 1.807) is 6.20 Å². The van der Waals surface area contributed by atoms with Crippen LogP contribution in [0.3, 0.4) is 0 Å². The van der Waals surface area contributed by atoms with Gasteiger partial charge in [0, 0.05) is 30.1 Å². The Morgan fingerprint density at radius 3 is 2.43 bits per heavy atom. The fraction of sp³-hybridized carbons (Fsp3) is 0.632. The summed E-state index contributed by atoms with van der Waals surface area (Å²) in [5.41, 5.74) is 0.699. The molecule has 3 atom stereocenters. The number of hydrogen-bond donors (Lipinski definition) is 1. The van der Waals surface area contributed by atoms with E-state index in [1.807, 2.05) is 59.7 Å². The van der Waals surface area contributed by atoms with E-state index in [-0.39, 0.29) is 28.9 Å². The van der Waals surface area contributed by atoms with Crippen LogP contribution in [0.4, 0.5) is 0 Å². The first-order valence-corrected chi connectivity index (χ1v) is 8.58. The molecule has 0 radical (unpaired) electrons. The van der Waals surface area contributed by atoms with Gasteiger partial charge >= 0.3 is 0 Å². The van der Waals surface area contributed by atoms with Crippen molar-refractivity contribution in [1.82, 2.24) is 10.3 Å². The highest BCUT2D eigenvalue weighted by molar-refractivity contribution is 5.91. The van der Waals surface area contributed by atoms with Gasteiger partial charge in [-0.2, -0.15) is 0 Å². The van der Waals surface area contributed by atoms with Gasteiger partial charge in [-0.25, -0.2) is 0 Å². The minimum Gasteiger partial charge on any atom is -0.346 e. The van der Waals surface area contributed by atoms with Gasteiger partial charge < -0.3 is 5.32 Å². The highest BCUT2D eigenvalue weighted by Gasteiger charge is 2.46. The third-order valence-electron chi connectivity index (χ3n) is 4.02. The van der Waals surface area contributed by atoms with Gasteiger partial charge in [-0.3, -0.25) is 14.6 Å². The monoisotopic (exact) mass is 318 g/mol. The molecule has 1 aromatic rings. The number of carbonyl (C=O) groups is 2. The summed E-state index contributed by atoms with van der Waals surface area (Å²) in [7, 11) is 0. The second-order valence-corrected chi connectivity index (χ2v) is 6.83. The topological polar surface area (TPSA) is 59.1 Å². The number of hydrogen-bond acceptors (Lipinski definition) is 3. The minimum atomic E-state index is -0.417. The summed E-state index contributed by atoms with van der Waals surface area (Å²) in [5.74, 6) is 0.219. The fourth-order valence-electron chi connectivity index (χ4n) is 2.64. The number of aromatic nitrogens is 1. The molecule has 0 spiro atoms. The first-order chi connectivity index (χ1) is 10.8. The maximum Gasteiger partial charge on any atom is 0.224 e. The van der Waals surface area contributed by atoms with Crippen LogP contribution in [0.5, 0.6) is 0 Å². The molecule has 1 aromatic heterocycles. The Morgan fingerprint density at radius 1 is 1.30 bits per heavy atom. The maximum atomic E-state index is 12.4. The molecule has 1 aliphatic rings. The Kier molecular flexibility index (Phi) is 6.92. The number of pyridine rings is 1. The van der Waals surface area contributed by atoms with Gasteiger partial charge in [0.1, 0.15) is 0 Å². The van der Waals surface area contributed by atoms with E-state index in [4.69, 9.17) is 0 Å². The molecule has 0 saturated heterocycles. The lowest BCUT2D eigenvalue weighted by Gasteiger charge is -2.30. The van der Waals surface area contributed by atoms with Crippen LogP contribution in [0.2, 0.25) is 0 Å². The molecule has 0 aromatic carbocycles. The zero-order chi connectivity index (χ0) is 17.6. The van der Waals surface area contributed by atoms with Crippen LogP contribution in [0.25, 0.3) is 0 Å². The quantitative estimate of drug-likeness (QED) is 0.900. The SMILES string of the molecule is CC.CCC(=O)C(NC(=O)C1CC1c1ccccn1)C(C)(C)C. The van der Waals surface area contributed by atoms with Gasteiger partial charge in [0.25, 0.3) is 0 Å². The summed E-state index contributed by atoms with van der Waals surface area (Å²) < 4.78 is 0. The Morgan fingerprint density at radius 2 is 1.96 bits per heavy atom. The normalized spacial score (nSPS) is 20.8. The third-order valence-corrected chi connectivity index (χ3v) is 4.02. The molecular weight excluding hydrogens is 288 g/mol. The van der Waals surface area contributed by atoms with Crippen molar-refractivity contribution >= 4 is 11.7 Å². The number of nitrogens with zero attached hydrogens (tertiary/aromatic N) is 1. The summed E-state index contributed by atoms with van der Waals surface area (Å²) in [4.78, 5) is 28.7. The van der Waals surface area contributed by atoms with Crippen molar-refractivity contribution in [2.24, 2.45) is 11.3 Å². The van der Waals surface area contributed by atoms with Crippen LogP contribution in [-0.4, -0.2) is 22.7 Å². The summed E-state index contributed by atoms with van der Waals surface area (Å²) in [6.07, 6.45) is 3.01. The van der Waals surface area contributed by atoms with E-state index in [9.17, 15) is 9.59 Å². The second kappa shape index (κ2) is 8.23. The molecule has 128 valence electrons. The fourth-order valence-corrected chi connectivity index (χ4v) is 2.64. The Balaban J connectivity index is 0.00000127. The van der Waals surface area contributed by atoms with E-state index in [0.29, 0.717) is 6.42 Å². The highest BCUT2D eigenvalue weighted by Crippen LogP contribution is 2.46. The van der Waals surface area contributed by atoms with Crippen LogP contribution in [0.1, 0.15) is 66.0 Å². The molecule has 1 aliphatic carbocycles. The van der Waals surface area contributed by atoms with E-state index in [0.717, 1.165) is 12.1 Å². The van der Waals surface area contributed by atoms with E-state index in [1.165, 1.54) is 0 Å². The number of nitrogens with one attached hydrogen (secondary N) is 1. The van der Waals surface area contributed by atoms with Gasteiger partial charge in [0.05, 0.1) is 6.04 Å². The van der Waals surface area contributed by atoms with Crippen LogP contribution in [-0.2, 0) is 9.59 Å². The number of Topliss-reactive ketones (excluding diaryl/α,β-unsaturated/α-hetero) is 1. The van der Waals surface area contributed by atoms with Crippen molar-refractivity contribution in [3.63, 3.8) is 0 Å². The summed E-state index contributed by atoms with van der Waals surface area (Å²) in [5, 5.41) is 2.95. The predicted octanol–water partition coefficient (Wildman–Crippen LogP) is 3.72. The van der Waals surface area contributed by atoms with Crippen LogP contribution < -0.4 is 5.32 Å². The van der Waals surface area contributed by atoms with Gasteiger partial charge in [0.2, 0.25) is 5.91 Å². The zero-order valence-corrected chi connectivity index (χ0v) is 15.2. The van der Waals surface area contributed by atoms with Gasteiger partial charge in [0.15, 0.2) is 5.78 Å². The largest absolute Gasteiger partial charge is 0.346 e. The molecule has 3 unspecified atom stereocenters. The predicted molar refractivity (Wildman–Crippen MR) is 93.1 cm³/mol. The first-order valence-electron chi connectivity index (χ1n) is 8.58. The number of rotatable bonds is 5. The van der Waals surface area contributed by atoms with Crippen molar-refractivity contribution in [3.05, 3.63) is 30.1 Å². The first kappa shape index (κ1) is 19.3. The average Bonchev–Trinajstić information content (AvgIpc) is 3.34. The van der Waals surface area contributed by atoms with Crippen LogP contribution in [0.15, 0.2) is 24.4 Å². The standard InChI is InChI=1S/C17H24N2O2.C2H6/c1-5-14(20)15(17(2,3)4)19-16(21)12-10-11(12)13-8-6-7-9-18-13;1-2/h6-9,11-12,15H,5,10H2,1-4H3,(H,19,21);1-2H3. The molecule has 1 saturated carbocycles. The van der Waals surface area contributed by atoms with Crippen molar-refractivity contribution in [1.29, 1.82) is 0 Å². The Bertz CT molecular complexity index is 520. The molecule has 1 fully saturated rings. The molecule has 4 nitrogen and oxygen atoms in total. The molecule has 2 rings (SSSR count). The maximum absolute atomic E-state index is 12.4. The number of ketones is 1. The Labute approximate surface area is 140 Å². The van der Waals surface area contributed by atoms with E-state index >= 15 is 0 Å². The number of carbonyl (C=O) groups excluding carboxylic acids is 2. The van der Waals surface area contributed by atoms with Crippen molar-refractivity contribution in [2.75, 3.05) is 0 Å². The molecule has 23 heavy (non-hydrogen) atoms. The lowest BCUT2D eigenvalue weighted by Crippen LogP contribution is -2.49. The molecule has 0 aliphatic heterocycles. The number of amides is 1. The lowest BCUT2D eigenvalue weighted by atomic mass is 9.83. The molecule has 1 heterocycles. The van der Waals surface area contributed by atoms with Crippen molar-refractivity contribution < 1.29 is 9.59 Å². The van der Waals surface area contributed by atoms with Crippen LogP contribution in [0, 0.1) is 11.3 Å². The molecule has 0 bridgehead atoms. The van der Waals surface area contributed by atoms with Crippen molar-refractivity contribution in [2.45, 2.75) is 66.3 Å². The summed E-state index contributed by atoms with van der Waals surface area (Å²) >= 11 is 0. The average molecular weight is 318 g/mol. The molecule has 4 heteroatoms. The smallest absolute Gasteiger partial charge is 0.224 e. The zero-order valence-electron chi connectivity index (χ0n) is 15.2. The van der Waals surface area contributed by atoms with E-state index in [2.05, 4.69) is 10.3 Å². The minimum absolute atomic E-state index is 0.0209. The summed E-state index contributed by atoms with van der Waals surface area (Å²) in [6.45, 7) is 11.8. The third kappa shape index (κ3) is 5.15. The van der Waals surface area contributed by atoms with Gasteiger partial charge in [-0.05, 0) is 24.0 Å². The molecular formula is C19H30N2O2. The van der Waals surface area contributed by atoms with Gasteiger partial charge in [-0.15, -0.1) is 0 Å². The van der Waals surface area contributed by atoms with Gasteiger partial charge in [-0.1, -0.05) is 47.6 Å². The van der Waals surface area contributed by atoms with Crippen molar-refractivity contribution in [3.8, 4) is 0 Å². The molecule has 1 amide bonds. The molecule has 1 N–H and O–H groups in total.